The molecule has 2 rings (SSSR count). The van der Waals surface area contributed by atoms with Gasteiger partial charge in [-0.25, -0.2) is 10.2 Å². The highest BCUT2D eigenvalue weighted by Gasteiger charge is 2.33. The highest BCUT2D eigenvalue weighted by molar-refractivity contribution is 8.18. The van der Waals surface area contributed by atoms with Crippen LogP contribution in [0.2, 0.25) is 0 Å². The molecule has 0 aromatic heterocycles. The number of hydrogen-bond acceptors (Lipinski definition) is 6. The topological polar surface area (TPSA) is 88.1 Å². The van der Waals surface area contributed by atoms with Crippen molar-refractivity contribution < 1.29 is 19.1 Å². The number of amides is 2. The Labute approximate surface area is 143 Å². The molecule has 1 aromatic rings. The Kier molecular flexibility index (Phi) is 5.91. The van der Waals surface area contributed by atoms with Crippen molar-refractivity contribution in [3.05, 3.63) is 59.5 Å². The predicted octanol–water partition coefficient (Wildman–Crippen LogP) is 1.51. The van der Waals surface area contributed by atoms with Crippen molar-refractivity contribution in [3.63, 3.8) is 0 Å². The van der Waals surface area contributed by atoms with Crippen LogP contribution in [-0.4, -0.2) is 41.5 Å². The summed E-state index contributed by atoms with van der Waals surface area (Å²) < 4.78 is 4.52. The van der Waals surface area contributed by atoms with Gasteiger partial charge < -0.3 is 4.74 Å². The number of esters is 1. The van der Waals surface area contributed by atoms with Crippen LogP contribution in [0.4, 0.5) is 0 Å². The first-order valence-corrected chi connectivity index (χ1v) is 7.71. The van der Waals surface area contributed by atoms with Crippen LogP contribution in [0.25, 0.3) is 0 Å². The van der Waals surface area contributed by atoms with Gasteiger partial charge in [-0.3, -0.25) is 14.5 Å². The van der Waals surface area contributed by atoms with Gasteiger partial charge in [0, 0.05) is 18.2 Å². The van der Waals surface area contributed by atoms with E-state index in [1.165, 1.54) is 18.1 Å². The number of thioether (sulfide) groups is 1. The molecule has 0 spiro atoms. The number of hydrogen-bond donors (Lipinski definition) is 1. The molecule has 0 aliphatic carbocycles. The Balaban J connectivity index is 2.18. The molecule has 1 fully saturated rings. The van der Waals surface area contributed by atoms with E-state index in [9.17, 15) is 14.4 Å². The normalized spacial score (nSPS) is 17.2. The predicted molar refractivity (Wildman–Crippen MR) is 90.9 cm³/mol. The fourth-order valence-corrected chi connectivity index (χ4v) is 2.71. The van der Waals surface area contributed by atoms with E-state index in [1.54, 1.807) is 30.3 Å². The van der Waals surface area contributed by atoms with Crippen LogP contribution < -0.4 is 5.43 Å². The molecular formula is C16H15N3O4S. The summed E-state index contributed by atoms with van der Waals surface area (Å²) in [7, 11) is 1.22. The summed E-state index contributed by atoms with van der Waals surface area (Å²) >= 11 is 0.972. The minimum atomic E-state index is -0.640. The molecule has 1 heterocycles. The molecule has 0 atom stereocenters. The number of nitrogens with one attached hydrogen (secondary N) is 1. The van der Waals surface area contributed by atoms with Crippen molar-refractivity contribution >= 4 is 34.7 Å². The molecule has 1 aliphatic heterocycles. The van der Waals surface area contributed by atoms with Gasteiger partial charge in [0.2, 0.25) is 0 Å². The summed E-state index contributed by atoms with van der Waals surface area (Å²) in [4.78, 5) is 37.1. The lowest BCUT2D eigenvalue weighted by Crippen LogP contribution is -2.31. The number of hydrazone groups is 1. The lowest BCUT2D eigenvalue weighted by atomic mass is 10.2. The minimum absolute atomic E-state index is 0.163. The van der Waals surface area contributed by atoms with Crippen LogP contribution in [-0.2, 0) is 14.3 Å². The summed E-state index contributed by atoms with van der Waals surface area (Å²) in [6.07, 6.45) is 2.61. The number of nitrogens with zero attached hydrogens (tertiary/aromatic N) is 2. The van der Waals surface area contributed by atoms with Gasteiger partial charge in [0.05, 0.1) is 12.0 Å². The Morgan fingerprint density at radius 2 is 2.08 bits per heavy atom. The van der Waals surface area contributed by atoms with Crippen molar-refractivity contribution in [2.45, 2.75) is 0 Å². The van der Waals surface area contributed by atoms with Crippen molar-refractivity contribution in [2.75, 3.05) is 13.7 Å². The molecule has 1 N–H and O–H groups in total. The van der Waals surface area contributed by atoms with E-state index in [4.69, 9.17) is 0 Å². The summed E-state index contributed by atoms with van der Waals surface area (Å²) in [6.45, 7) is 3.78. The van der Waals surface area contributed by atoms with Gasteiger partial charge >= 0.3 is 5.97 Å². The van der Waals surface area contributed by atoms with Crippen molar-refractivity contribution in [2.24, 2.45) is 5.10 Å². The lowest BCUT2D eigenvalue weighted by Gasteiger charge is -2.12. The second-order valence-electron chi connectivity index (χ2n) is 4.54. The molecule has 0 unspecified atom stereocenters. The third-order valence-electron chi connectivity index (χ3n) is 2.94. The fraction of sp³-hybridized carbons (Fsp3) is 0.125. The number of rotatable bonds is 5. The van der Waals surface area contributed by atoms with Gasteiger partial charge in [-0.15, -0.1) is 11.7 Å². The second-order valence-corrected chi connectivity index (χ2v) is 5.55. The summed E-state index contributed by atoms with van der Waals surface area (Å²) in [5, 5.41) is 4.23. The van der Waals surface area contributed by atoms with E-state index in [0.29, 0.717) is 5.56 Å². The molecule has 1 aromatic carbocycles. The van der Waals surface area contributed by atoms with Crippen LogP contribution >= 0.6 is 11.8 Å². The van der Waals surface area contributed by atoms with Crippen molar-refractivity contribution in [1.29, 1.82) is 0 Å². The quantitative estimate of drug-likeness (QED) is 0.378. The van der Waals surface area contributed by atoms with E-state index in [2.05, 4.69) is 21.8 Å². The lowest BCUT2D eigenvalue weighted by molar-refractivity contribution is -0.135. The number of ether oxygens (including phenoxy) is 1. The zero-order chi connectivity index (χ0) is 17.5. The largest absolute Gasteiger partial charge is 0.466 e. The van der Waals surface area contributed by atoms with Crippen LogP contribution in [0.15, 0.2) is 59.1 Å². The fourth-order valence-electron chi connectivity index (χ4n) is 1.80. The van der Waals surface area contributed by atoms with Gasteiger partial charge in [-0.05, 0) is 23.9 Å². The highest BCUT2D eigenvalue weighted by atomic mass is 32.2. The smallest absolute Gasteiger partial charge is 0.331 e. The van der Waals surface area contributed by atoms with E-state index < -0.39 is 17.8 Å². The molecule has 2 amide bonds. The Hall–Kier alpha value is -2.87. The average molecular weight is 345 g/mol. The van der Waals surface area contributed by atoms with Crippen LogP contribution in [0.1, 0.15) is 10.4 Å². The number of methoxy groups -OCH3 is 1. The molecular weight excluding hydrogens is 330 g/mol. The number of carbonyl (C=O) groups excluding carboxylic acids is 3. The highest BCUT2D eigenvalue weighted by Crippen LogP contribution is 2.30. The Bertz CT molecular complexity index is 728. The van der Waals surface area contributed by atoms with Gasteiger partial charge in [-0.2, -0.15) is 0 Å². The monoisotopic (exact) mass is 345 g/mol. The molecule has 8 heteroatoms. The van der Waals surface area contributed by atoms with E-state index >= 15 is 0 Å². The maximum absolute atomic E-state index is 12.3. The maximum atomic E-state index is 12.3. The first-order chi connectivity index (χ1) is 11.6. The summed E-state index contributed by atoms with van der Waals surface area (Å²) in [5.41, 5.74) is 2.84. The van der Waals surface area contributed by atoms with Crippen LogP contribution in [0, 0.1) is 0 Å². The molecule has 0 saturated carbocycles. The van der Waals surface area contributed by atoms with Crippen molar-refractivity contribution in [3.8, 4) is 0 Å². The van der Waals surface area contributed by atoms with Crippen molar-refractivity contribution in [1.82, 2.24) is 10.3 Å². The molecule has 24 heavy (non-hydrogen) atoms. The second kappa shape index (κ2) is 8.11. The third kappa shape index (κ3) is 4.11. The van der Waals surface area contributed by atoms with Crippen LogP contribution in [0.3, 0.4) is 0 Å². The molecule has 0 bridgehead atoms. The van der Waals surface area contributed by atoms with Gasteiger partial charge in [0.1, 0.15) is 0 Å². The molecule has 7 nitrogen and oxygen atoms in total. The summed E-state index contributed by atoms with van der Waals surface area (Å²) in [6, 6.07) is 8.55. The SMILES string of the molecule is C=CCN1C(=O)/C(=C/C(=O)OC)S/C1=N\NC(=O)c1ccccc1. The van der Waals surface area contributed by atoms with Crippen LogP contribution in [0.5, 0.6) is 0 Å². The molecule has 1 saturated heterocycles. The molecule has 0 radical (unpaired) electrons. The zero-order valence-electron chi connectivity index (χ0n) is 12.9. The Morgan fingerprint density at radius 3 is 2.71 bits per heavy atom. The first-order valence-electron chi connectivity index (χ1n) is 6.90. The third-order valence-corrected chi connectivity index (χ3v) is 3.95. The first kappa shape index (κ1) is 17.5. The van der Waals surface area contributed by atoms with Gasteiger partial charge in [0.25, 0.3) is 11.8 Å². The molecule has 1 aliphatic rings. The van der Waals surface area contributed by atoms with E-state index in [1.807, 2.05) is 0 Å². The number of amidine groups is 1. The van der Waals surface area contributed by atoms with Gasteiger partial charge in [0.15, 0.2) is 5.17 Å². The average Bonchev–Trinajstić information content (AvgIpc) is 2.89. The number of benzene rings is 1. The standard InChI is InChI=1S/C16H15N3O4S/c1-3-9-19-15(22)12(10-13(20)23-2)24-16(19)18-17-14(21)11-7-5-4-6-8-11/h3-8,10H,1,9H2,2H3,(H,17,21)/b12-10-,18-16-. The Morgan fingerprint density at radius 1 is 1.38 bits per heavy atom. The maximum Gasteiger partial charge on any atom is 0.331 e. The minimum Gasteiger partial charge on any atom is -0.466 e. The van der Waals surface area contributed by atoms with E-state index in [-0.39, 0.29) is 16.6 Å². The van der Waals surface area contributed by atoms with E-state index in [0.717, 1.165) is 17.8 Å². The zero-order valence-corrected chi connectivity index (χ0v) is 13.7. The molecule has 124 valence electrons. The number of carbonyl (C=O) groups is 3. The van der Waals surface area contributed by atoms with Gasteiger partial charge in [-0.1, -0.05) is 24.3 Å². The summed E-state index contributed by atoms with van der Waals surface area (Å²) in [5.74, 6) is -1.45.